The molecule has 0 saturated carbocycles. The Morgan fingerprint density at radius 1 is 1.05 bits per heavy atom. The van der Waals surface area contributed by atoms with Crippen molar-refractivity contribution in [3.05, 3.63) is 91.2 Å². The molecule has 3 atom stereocenters. The first-order valence-electron chi connectivity index (χ1n) is 19.6. The van der Waals surface area contributed by atoms with E-state index in [1.165, 1.54) is 17.1 Å². The Hall–Kier alpha value is -6.39. The quantitative estimate of drug-likeness (QED) is 0.0873. The van der Waals surface area contributed by atoms with E-state index in [9.17, 15) is 19.2 Å². The number of aryl methyl sites for hydroxylation is 2. The monoisotopic (exact) mass is 807 g/mol. The fraction of sp³-hybridized carbons (Fsp3) is 0.372. The summed E-state index contributed by atoms with van der Waals surface area (Å²) >= 11 is 0. The number of anilines is 3. The molecule has 4 amide bonds. The van der Waals surface area contributed by atoms with Crippen LogP contribution in [0.4, 0.5) is 26.7 Å². The molecule has 3 N–H and O–H groups in total. The van der Waals surface area contributed by atoms with Crippen LogP contribution < -0.4 is 20.3 Å². The van der Waals surface area contributed by atoms with E-state index >= 15 is 0 Å². The number of nitrogens with zero attached hydrogens (tertiary/aromatic N) is 4. The van der Waals surface area contributed by atoms with E-state index < -0.39 is 30.7 Å². The van der Waals surface area contributed by atoms with E-state index in [2.05, 4.69) is 40.3 Å². The van der Waals surface area contributed by atoms with Crippen molar-refractivity contribution in [2.45, 2.75) is 64.0 Å². The summed E-state index contributed by atoms with van der Waals surface area (Å²) in [5.74, 6) is 0.578. The molecule has 310 valence electrons. The van der Waals surface area contributed by atoms with Gasteiger partial charge < -0.3 is 43.5 Å². The molecule has 2 fully saturated rings. The third kappa shape index (κ3) is 9.18. The number of hydrogen-bond donors (Lipinski definition) is 3. The van der Waals surface area contributed by atoms with Crippen molar-refractivity contribution in [3.63, 3.8) is 0 Å². The van der Waals surface area contributed by atoms with Gasteiger partial charge in [0.2, 0.25) is 5.91 Å². The van der Waals surface area contributed by atoms with Crippen LogP contribution in [0, 0.1) is 6.92 Å². The maximum absolute atomic E-state index is 14.1. The molecule has 2 aromatic heterocycles. The zero-order valence-electron chi connectivity index (χ0n) is 33.3. The van der Waals surface area contributed by atoms with Gasteiger partial charge in [-0.25, -0.2) is 19.5 Å². The molecule has 0 radical (unpaired) electrons. The minimum Gasteiger partial charge on any atom is -0.493 e. The lowest BCUT2D eigenvalue weighted by molar-refractivity contribution is -0.195. The van der Waals surface area contributed by atoms with E-state index in [4.69, 9.17) is 23.7 Å². The summed E-state index contributed by atoms with van der Waals surface area (Å²) < 4.78 is 31.1. The normalized spacial score (nSPS) is 18.8. The minimum absolute atomic E-state index is 0.0375. The number of amides is 4. The van der Waals surface area contributed by atoms with Crippen molar-refractivity contribution in [1.82, 2.24) is 19.4 Å². The van der Waals surface area contributed by atoms with Crippen LogP contribution in [0.15, 0.2) is 80.1 Å². The average molecular weight is 808 g/mol. The van der Waals surface area contributed by atoms with E-state index in [1.807, 2.05) is 24.6 Å². The van der Waals surface area contributed by atoms with Gasteiger partial charge in [0.25, 0.3) is 5.91 Å². The molecule has 0 bridgehead atoms. The standard InChI is InChI=1S/C43H49N7O9/c1-6-15-57-42(53)45-28-13-14-31-32(21-28)47-39(46-31)34-22-29(25-48(34)5)44-37(51)11-10-18-55-36-23-33-30(20-27(36)4)40(52)49-24-26(3)19-35(49)41(50(33)43(54)58-16-7-2)59-38-12-8-9-17-56-38/h6-7,13-14,20-23,25,35,38,41H,1-3,8-12,15-19,24H2,4-5H3,(H,44,51)(H,45,53)(H,46,47). The van der Waals surface area contributed by atoms with Gasteiger partial charge in [0.15, 0.2) is 18.3 Å². The van der Waals surface area contributed by atoms with Crippen LogP contribution in [0.25, 0.3) is 22.6 Å². The van der Waals surface area contributed by atoms with Gasteiger partial charge in [-0.05, 0) is 74.9 Å². The Balaban J connectivity index is 1.02. The third-order valence-electron chi connectivity index (χ3n) is 10.3. The number of aromatic nitrogens is 3. The Kier molecular flexibility index (Phi) is 12.5. The maximum Gasteiger partial charge on any atom is 0.416 e. The number of rotatable bonds is 14. The summed E-state index contributed by atoms with van der Waals surface area (Å²) in [6, 6.07) is 9.98. The molecule has 2 saturated heterocycles. The number of nitrogens with one attached hydrogen (secondary N) is 3. The Bertz CT molecular complexity index is 2270. The smallest absolute Gasteiger partial charge is 0.416 e. The second kappa shape index (κ2) is 18.0. The SMILES string of the molecule is C=CCOC(=O)Nc1ccc2nc(-c3cc(NC(=O)CCCOc4cc5c(cc4C)C(=O)N4CC(=C)CC4C(OC4CCCCO4)N5C(=O)OCC=C)cn3C)[nH]c2c1. The molecule has 16 heteroatoms. The number of ether oxygens (including phenoxy) is 5. The van der Waals surface area contributed by atoms with Crippen LogP contribution in [0.2, 0.25) is 0 Å². The van der Waals surface area contributed by atoms with Crippen molar-refractivity contribution >= 4 is 52.1 Å². The van der Waals surface area contributed by atoms with Gasteiger partial charge in [0, 0.05) is 44.6 Å². The summed E-state index contributed by atoms with van der Waals surface area (Å²) in [5.41, 5.74) is 5.44. The van der Waals surface area contributed by atoms with Gasteiger partial charge >= 0.3 is 12.2 Å². The fourth-order valence-corrected chi connectivity index (χ4v) is 7.50. The summed E-state index contributed by atoms with van der Waals surface area (Å²) in [7, 11) is 1.85. The third-order valence-corrected chi connectivity index (χ3v) is 10.3. The Morgan fingerprint density at radius 2 is 1.86 bits per heavy atom. The molecule has 3 aliphatic rings. The molecule has 3 aliphatic heterocycles. The zero-order valence-corrected chi connectivity index (χ0v) is 33.3. The van der Waals surface area contributed by atoms with Crippen molar-refractivity contribution in [1.29, 1.82) is 0 Å². The number of carbonyl (C=O) groups excluding carboxylic acids is 4. The first kappa shape index (κ1) is 40.8. The van der Waals surface area contributed by atoms with Gasteiger partial charge in [-0.2, -0.15) is 0 Å². The highest BCUT2D eigenvalue weighted by Gasteiger charge is 2.48. The van der Waals surface area contributed by atoms with Crippen LogP contribution in [-0.4, -0.2) is 95.0 Å². The fourth-order valence-electron chi connectivity index (χ4n) is 7.50. The van der Waals surface area contributed by atoms with Crippen LogP contribution in [0.3, 0.4) is 0 Å². The van der Waals surface area contributed by atoms with E-state index in [-0.39, 0.29) is 38.1 Å². The van der Waals surface area contributed by atoms with Crippen molar-refractivity contribution in [2.24, 2.45) is 7.05 Å². The first-order chi connectivity index (χ1) is 28.5. The Morgan fingerprint density at radius 3 is 2.64 bits per heavy atom. The molecular formula is C43H49N7O9. The average Bonchev–Trinajstić information content (AvgIpc) is 3.92. The summed E-state index contributed by atoms with van der Waals surface area (Å²) in [4.78, 5) is 64.1. The van der Waals surface area contributed by atoms with Gasteiger partial charge in [-0.3, -0.25) is 14.9 Å². The molecule has 2 aromatic carbocycles. The number of aromatic amines is 1. The second-order valence-electron chi connectivity index (χ2n) is 14.7. The molecule has 4 aromatic rings. The molecular weight excluding hydrogens is 759 g/mol. The number of imidazole rings is 1. The molecule has 3 unspecified atom stereocenters. The number of hydrogen-bond acceptors (Lipinski definition) is 10. The molecule has 5 heterocycles. The highest BCUT2D eigenvalue weighted by molar-refractivity contribution is 6.06. The van der Waals surface area contributed by atoms with Crippen molar-refractivity contribution in [3.8, 4) is 17.3 Å². The maximum atomic E-state index is 14.1. The van der Waals surface area contributed by atoms with Crippen molar-refractivity contribution < 1.29 is 42.9 Å². The van der Waals surface area contributed by atoms with Gasteiger partial charge in [0.1, 0.15) is 19.0 Å². The van der Waals surface area contributed by atoms with Crippen molar-refractivity contribution in [2.75, 3.05) is 48.5 Å². The predicted molar refractivity (Wildman–Crippen MR) is 221 cm³/mol. The number of H-pyrrole nitrogens is 1. The lowest BCUT2D eigenvalue weighted by Gasteiger charge is -2.38. The number of fused-ring (bicyclic) bond motifs is 3. The topological polar surface area (TPSA) is 179 Å². The zero-order chi connectivity index (χ0) is 41.6. The number of benzene rings is 2. The molecule has 16 nitrogen and oxygen atoms in total. The Labute approximate surface area is 341 Å². The summed E-state index contributed by atoms with van der Waals surface area (Å²) in [5, 5.41) is 5.62. The van der Waals surface area contributed by atoms with Gasteiger partial charge in [-0.15, -0.1) is 0 Å². The summed E-state index contributed by atoms with van der Waals surface area (Å²) in [6.45, 7) is 14.3. The van der Waals surface area contributed by atoms with Gasteiger partial charge in [-0.1, -0.05) is 37.5 Å². The minimum atomic E-state index is -0.917. The highest BCUT2D eigenvalue weighted by atomic mass is 16.7. The molecule has 0 spiro atoms. The number of carbonyl (C=O) groups is 4. The van der Waals surface area contributed by atoms with Crippen LogP contribution in [-0.2, 0) is 30.8 Å². The van der Waals surface area contributed by atoms with Crippen LogP contribution >= 0.6 is 0 Å². The van der Waals surface area contributed by atoms with Crippen LogP contribution in [0.5, 0.6) is 5.75 Å². The second-order valence-corrected chi connectivity index (χ2v) is 14.7. The molecule has 59 heavy (non-hydrogen) atoms. The molecule has 0 aliphatic carbocycles. The van der Waals surface area contributed by atoms with E-state index in [0.717, 1.165) is 24.1 Å². The first-order valence-corrected chi connectivity index (χ1v) is 19.6. The van der Waals surface area contributed by atoms with E-state index in [0.29, 0.717) is 83.2 Å². The predicted octanol–water partition coefficient (Wildman–Crippen LogP) is 7.19. The largest absolute Gasteiger partial charge is 0.493 e. The summed E-state index contributed by atoms with van der Waals surface area (Å²) in [6.07, 6.45) is 5.49. The van der Waals surface area contributed by atoms with E-state index in [1.54, 1.807) is 41.4 Å². The lowest BCUT2D eigenvalue weighted by atomic mass is 10.1. The molecule has 7 rings (SSSR count). The van der Waals surface area contributed by atoms with Crippen LogP contribution in [0.1, 0.15) is 54.4 Å². The lowest BCUT2D eigenvalue weighted by Crippen LogP contribution is -2.54. The highest BCUT2D eigenvalue weighted by Crippen LogP contribution is 2.41. The van der Waals surface area contributed by atoms with Gasteiger partial charge in [0.05, 0.1) is 46.3 Å².